The smallest absolute Gasteiger partial charge is 0.113 e. The van der Waals surface area contributed by atoms with Gasteiger partial charge in [-0.3, -0.25) is 0 Å². The highest BCUT2D eigenvalue weighted by atomic mass is 79.9. The minimum absolute atomic E-state index is 0.641. The van der Waals surface area contributed by atoms with Crippen LogP contribution in [0.2, 0.25) is 41.4 Å². The molecule has 0 N–H and O–H groups in total. The summed E-state index contributed by atoms with van der Waals surface area (Å²) < 4.78 is 7.15. The summed E-state index contributed by atoms with van der Waals surface area (Å²) >= 11 is 3.62. The first-order chi connectivity index (χ1) is 12.5. The number of hydrogen-bond acceptors (Lipinski definition) is 1. The third kappa shape index (κ3) is 5.35. The van der Waals surface area contributed by atoms with Crippen LogP contribution in [-0.2, 0) is 11.3 Å². The molecule has 0 aliphatic rings. The number of rotatable bonds is 12. The molecule has 4 heteroatoms. The SMILES string of the molecule is CC[Si](CC)(CC)C(/C=C\OCc1ccccc1Br)[Si](CC)(CC)CC. The Bertz CT molecular complexity index is 514. The van der Waals surface area contributed by atoms with Crippen LogP contribution in [0, 0.1) is 0 Å². The summed E-state index contributed by atoms with van der Waals surface area (Å²) in [5.74, 6) is 0. The van der Waals surface area contributed by atoms with Crippen LogP contribution in [0.1, 0.15) is 47.1 Å². The molecule has 26 heavy (non-hydrogen) atoms. The fourth-order valence-corrected chi connectivity index (χ4v) is 20.6. The molecule has 1 rings (SSSR count). The minimum atomic E-state index is -1.30. The Labute approximate surface area is 172 Å². The van der Waals surface area contributed by atoms with Crippen molar-refractivity contribution in [1.29, 1.82) is 0 Å². The minimum Gasteiger partial charge on any atom is -0.497 e. The van der Waals surface area contributed by atoms with Gasteiger partial charge in [-0.1, -0.05) is 118 Å². The summed E-state index contributed by atoms with van der Waals surface area (Å²) in [7, 11) is -2.60. The lowest BCUT2D eigenvalue weighted by Crippen LogP contribution is -2.51. The molecule has 0 saturated carbocycles. The van der Waals surface area contributed by atoms with Gasteiger partial charge in [0.15, 0.2) is 0 Å². The van der Waals surface area contributed by atoms with Gasteiger partial charge in [0, 0.05) is 10.0 Å². The predicted octanol–water partition coefficient (Wildman–Crippen LogP) is 8.41. The highest BCUT2D eigenvalue weighted by molar-refractivity contribution is 9.10. The van der Waals surface area contributed by atoms with Crippen LogP contribution in [0.25, 0.3) is 0 Å². The molecule has 148 valence electrons. The zero-order valence-corrected chi connectivity index (χ0v) is 21.4. The first-order valence-corrected chi connectivity index (χ1v) is 16.7. The Balaban J connectivity index is 3.07. The number of benzene rings is 1. The van der Waals surface area contributed by atoms with Crippen molar-refractivity contribution in [3.05, 3.63) is 46.6 Å². The summed E-state index contributed by atoms with van der Waals surface area (Å²) in [4.78, 5) is 0. The molecule has 0 aliphatic carbocycles. The van der Waals surface area contributed by atoms with Gasteiger partial charge in [0.25, 0.3) is 0 Å². The lowest BCUT2D eigenvalue weighted by atomic mass is 10.2. The van der Waals surface area contributed by atoms with Crippen LogP contribution < -0.4 is 0 Å². The molecule has 0 aromatic heterocycles. The van der Waals surface area contributed by atoms with E-state index in [1.54, 1.807) is 0 Å². The Morgan fingerprint density at radius 1 is 0.846 bits per heavy atom. The van der Waals surface area contributed by atoms with E-state index < -0.39 is 16.1 Å². The molecule has 0 amide bonds. The molecule has 0 spiro atoms. The van der Waals surface area contributed by atoms with E-state index in [-0.39, 0.29) is 0 Å². The number of halogens is 1. The first-order valence-electron chi connectivity index (χ1n) is 10.5. The zero-order valence-electron chi connectivity index (χ0n) is 17.8. The van der Waals surface area contributed by atoms with E-state index in [0.29, 0.717) is 6.61 Å². The Hall–Kier alpha value is -0.326. The standard InChI is InChI=1S/C22H39BrOSi2/c1-7-25(8-2,9-3)22(26(10-4,11-5)12-6)17-18-24-19-20-15-13-14-16-21(20)23/h13-18,22H,7-12,19H2,1-6H3/b18-17-. The largest absolute Gasteiger partial charge is 0.497 e. The van der Waals surface area contributed by atoms with Crippen LogP contribution in [-0.4, -0.2) is 16.1 Å². The van der Waals surface area contributed by atoms with E-state index in [9.17, 15) is 0 Å². The predicted molar refractivity (Wildman–Crippen MR) is 126 cm³/mol. The number of ether oxygens (including phenoxy) is 1. The molecule has 0 bridgehead atoms. The van der Waals surface area contributed by atoms with Crippen LogP contribution in [0.15, 0.2) is 41.1 Å². The van der Waals surface area contributed by atoms with Crippen molar-refractivity contribution in [2.24, 2.45) is 0 Å². The second-order valence-electron chi connectivity index (χ2n) is 7.55. The topological polar surface area (TPSA) is 9.23 Å². The second-order valence-corrected chi connectivity index (χ2v) is 19.9. The molecule has 1 aromatic rings. The van der Waals surface area contributed by atoms with E-state index in [0.717, 1.165) is 9.64 Å². The first kappa shape index (κ1) is 23.7. The fourth-order valence-electron chi connectivity index (χ4n) is 4.76. The van der Waals surface area contributed by atoms with Gasteiger partial charge in [-0.25, -0.2) is 0 Å². The Kier molecular flexibility index (Phi) is 10.5. The maximum atomic E-state index is 6.02. The van der Waals surface area contributed by atoms with Crippen molar-refractivity contribution in [3.63, 3.8) is 0 Å². The summed E-state index contributed by atoms with van der Waals surface area (Å²) in [6.45, 7) is 15.3. The van der Waals surface area contributed by atoms with Gasteiger partial charge < -0.3 is 4.74 Å². The molecule has 0 heterocycles. The van der Waals surface area contributed by atoms with Gasteiger partial charge >= 0.3 is 0 Å². The van der Waals surface area contributed by atoms with Gasteiger partial charge in [-0.2, -0.15) is 0 Å². The monoisotopic (exact) mass is 454 g/mol. The highest BCUT2D eigenvalue weighted by Crippen LogP contribution is 2.46. The molecule has 0 saturated heterocycles. The lowest BCUT2D eigenvalue weighted by Gasteiger charge is -2.46. The molecule has 0 unspecified atom stereocenters. The van der Waals surface area contributed by atoms with Crippen LogP contribution in [0.3, 0.4) is 0 Å². The lowest BCUT2D eigenvalue weighted by molar-refractivity contribution is 0.235. The third-order valence-corrected chi connectivity index (χ3v) is 23.0. The Morgan fingerprint density at radius 3 is 1.73 bits per heavy atom. The molecule has 0 aliphatic heterocycles. The van der Waals surface area contributed by atoms with Crippen LogP contribution in [0.5, 0.6) is 0 Å². The molecule has 0 atom stereocenters. The van der Waals surface area contributed by atoms with Crippen molar-refractivity contribution >= 4 is 32.1 Å². The second kappa shape index (κ2) is 11.5. The molecule has 0 fully saturated rings. The van der Waals surface area contributed by atoms with E-state index in [1.807, 2.05) is 6.07 Å². The molecular formula is C22H39BrOSi2. The van der Waals surface area contributed by atoms with Crippen molar-refractivity contribution in [3.8, 4) is 0 Å². The van der Waals surface area contributed by atoms with Crippen molar-refractivity contribution < 1.29 is 4.74 Å². The summed E-state index contributed by atoms with van der Waals surface area (Å²) in [5, 5.41) is 0.828. The molecule has 1 nitrogen and oxygen atoms in total. The van der Waals surface area contributed by atoms with E-state index in [4.69, 9.17) is 4.74 Å². The fraction of sp³-hybridized carbons (Fsp3) is 0.636. The Morgan fingerprint density at radius 2 is 1.31 bits per heavy atom. The van der Waals surface area contributed by atoms with E-state index in [1.165, 1.54) is 41.8 Å². The maximum absolute atomic E-state index is 6.02. The molecule has 1 aromatic carbocycles. The van der Waals surface area contributed by atoms with Gasteiger partial charge in [0.1, 0.15) is 6.61 Å². The normalized spacial score (nSPS) is 12.9. The summed E-state index contributed by atoms with van der Waals surface area (Å²) in [6, 6.07) is 16.7. The zero-order chi connectivity index (χ0) is 19.6. The summed E-state index contributed by atoms with van der Waals surface area (Å²) in [5.41, 5.74) is 1.21. The van der Waals surface area contributed by atoms with E-state index >= 15 is 0 Å². The van der Waals surface area contributed by atoms with Gasteiger partial charge in [0.2, 0.25) is 0 Å². The highest BCUT2D eigenvalue weighted by Gasteiger charge is 2.46. The average Bonchev–Trinajstić information content (AvgIpc) is 2.69. The number of hydrogen-bond donors (Lipinski definition) is 0. The van der Waals surface area contributed by atoms with E-state index in [2.05, 4.69) is 88.0 Å². The van der Waals surface area contributed by atoms with Crippen molar-refractivity contribution in [2.45, 2.75) is 89.6 Å². The number of allylic oxidation sites excluding steroid dienone is 1. The van der Waals surface area contributed by atoms with Gasteiger partial charge in [-0.05, 0) is 11.2 Å². The van der Waals surface area contributed by atoms with Gasteiger partial charge in [0.05, 0.1) is 22.4 Å². The molecule has 0 radical (unpaired) electrons. The third-order valence-electron chi connectivity index (χ3n) is 7.11. The van der Waals surface area contributed by atoms with Crippen molar-refractivity contribution in [2.75, 3.05) is 0 Å². The van der Waals surface area contributed by atoms with Crippen LogP contribution >= 0.6 is 15.9 Å². The molecular weight excluding hydrogens is 416 g/mol. The van der Waals surface area contributed by atoms with Crippen LogP contribution in [0.4, 0.5) is 0 Å². The average molecular weight is 456 g/mol. The summed E-state index contributed by atoms with van der Waals surface area (Å²) in [6.07, 6.45) is 4.57. The quantitative estimate of drug-likeness (QED) is 0.227. The van der Waals surface area contributed by atoms with Gasteiger partial charge in [-0.15, -0.1) is 0 Å². The van der Waals surface area contributed by atoms with Crippen molar-refractivity contribution in [1.82, 2.24) is 0 Å². The maximum Gasteiger partial charge on any atom is 0.113 e.